The second-order valence-corrected chi connectivity index (χ2v) is 11.8. The third-order valence-electron chi connectivity index (χ3n) is 5.70. The summed E-state index contributed by atoms with van der Waals surface area (Å²) in [6.45, 7) is 8.96. The lowest BCUT2D eigenvalue weighted by molar-refractivity contribution is 0.0936. The topological polar surface area (TPSA) is 66.5 Å². The number of hydrogen-bond acceptors (Lipinski definition) is 4. The van der Waals surface area contributed by atoms with Crippen LogP contribution in [0.4, 0.5) is 4.39 Å². The van der Waals surface area contributed by atoms with Crippen LogP contribution in [0.2, 0.25) is 0 Å². The highest BCUT2D eigenvalue weighted by Crippen LogP contribution is 2.34. The molecule has 1 saturated heterocycles. The lowest BCUT2D eigenvalue weighted by Crippen LogP contribution is -2.42. The van der Waals surface area contributed by atoms with Crippen LogP contribution >= 0.6 is 11.8 Å². The molecule has 174 valence electrons. The number of nitrogens with one attached hydrogen (secondary N) is 1. The molecule has 1 aliphatic heterocycles. The molecule has 1 aliphatic rings. The molecule has 0 aromatic heterocycles. The van der Waals surface area contributed by atoms with Gasteiger partial charge in [0.1, 0.15) is 5.82 Å². The Hall–Kier alpha value is -1.90. The molecule has 2 aromatic carbocycles. The Morgan fingerprint density at radius 1 is 1.16 bits per heavy atom. The molecule has 1 heterocycles. The highest BCUT2D eigenvalue weighted by molar-refractivity contribution is 7.99. The van der Waals surface area contributed by atoms with Crippen molar-refractivity contribution in [3.8, 4) is 0 Å². The Labute approximate surface area is 194 Å². The molecule has 2 aromatic rings. The molecule has 3 rings (SSSR count). The minimum absolute atomic E-state index is 0.0461. The molecular weight excluding hydrogens is 447 g/mol. The number of hydrogen-bond donors (Lipinski definition) is 1. The van der Waals surface area contributed by atoms with E-state index < -0.39 is 10.0 Å². The number of piperidine rings is 1. The average molecular weight is 479 g/mol. The van der Waals surface area contributed by atoms with Gasteiger partial charge in [0.2, 0.25) is 10.0 Å². The molecule has 0 aliphatic carbocycles. The van der Waals surface area contributed by atoms with Crippen molar-refractivity contribution in [2.45, 2.75) is 61.3 Å². The van der Waals surface area contributed by atoms with Crippen LogP contribution in [0.25, 0.3) is 0 Å². The van der Waals surface area contributed by atoms with Gasteiger partial charge in [-0.15, -0.1) is 0 Å². The molecule has 0 bridgehead atoms. The fraction of sp³-hybridized carbons (Fsp3) is 0.458. The predicted molar refractivity (Wildman–Crippen MR) is 126 cm³/mol. The number of sulfonamides is 1. The molecule has 1 N–H and O–H groups in total. The van der Waals surface area contributed by atoms with Crippen molar-refractivity contribution in [3.63, 3.8) is 0 Å². The second-order valence-electron chi connectivity index (χ2n) is 8.76. The van der Waals surface area contributed by atoms with Crippen LogP contribution in [0.15, 0.2) is 57.2 Å². The minimum atomic E-state index is -3.72. The number of nitrogens with zero attached hydrogens (tertiary/aromatic N) is 1. The van der Waals surface area contributed by atoms with Crippen molar-refractivity contribution < 1.29 is 17.6 Å². The van der Waals surface area contributed by atoms with Crippen LogP contribution < -0.4 is 5.32 Å². The number of halogens is 1. The van der Waals surface area contributed by atoms with Crippen molar-refractivity contribution >= 4 is 27.7 Å². The number of benzene rings is 2. The molecule has 0 radical (unpaired) electrons. The summed E-state index contributed by atoms with van der Waals surface area (Å²) >= 11 is 1.31. The monoisotopic (exact) mass is 478 g/mol. The van der Waals surface area contributed by atoms with E-state index in [1.807, 2.05) is 13.8 Å². The van der Waals surface area contributed by atoms with E-state index in [4.69, 9.17) is 0 Å². The zero-order chi connectivity index (χ0) is 23.5. The third-order valence-corrected chi connectivity index (χ3v) is 8.61. The lowest BCUT2D eigenvalue weighted by atomic mass is 9.94. The summed E-state index contributed by atoms with van der Waals surface area (Å²) in [4.78, 5) is 14.6. The van der Waals surface area contributed by atoms with Crippen LogP contribution in [0.5, 0.6) is 0 Å². The molecule has 0 saturated carbocycles. The first-order valence-corrected chi connectivity index (χ1v) is 13.2. The summed E-state index contributed by atoms with van der Waals surface area (Å²) in [5.74, 6) is -0.0816. The predicted octanol–water partition coefficient (Wildman–Crippen LogP) is 5.17. The van der Waals surface area contributed by atoms with E-state index >= 15 is 0 Å². The number of rotatable bonds is 7. The van der Waals surface area contributed by atoms with Gasteiger partial charge in [-0.05, 0) is 74.1 Å². The van der Waals surface area contributed by atoms with Gasteiger partial charge in [-0.2, -0.15) is 4.31 Å². The maximum absolute atomic E-state index is 13.4. The van der Waals surface area contributed by atoms with E-state index in [9.17, 15) is 17.6 Å². The molecule has 0 unspecified atom stereocenters. The van der Waals surface area contributed by atoms with E-state index in [0.29, 0.717) is 23.5 Å². The number of amides is 1. The fourth-order valence-electron chi connectivity index (χ4n) is 3.92. The first-order chi connectivity index (χ1) is 15.1. The van der Waals surface area contributed by atoms with Crippen LogP contribution in [0.1, 0.15) is 50.9 Å². The van der Waals surface area contributed by atoms with Gasteiger partial charge in [-0.25, -0.2) is 12.8 Å². The zero-order valence-electron chi connectivity index (χ0n) is 19.0. The van der Waals surface area contributed by atoms with Crippen LogP contribution in [0.3, 0.4) is 0 Å². The van der Waals surface area contributed by atoms with Crippen molar-refractivity contribution in [2.75, 3.05) is 13.1 Å². The third kappa shape index (κ3) is 5.91. The van der Waals surface area contributed by atoms with E-state index in [1.165, 1.54) is 34.3 Å². The van der Waals surface area contributed by atoms with E-state index in [2.05, 4.69) is 19.2 Å². The quantitative estimate of drug-likeness (QED) is 0.596. The standard InChI is InChI=1S/C24H31FN2O3S2/c1-5-18(4)26-24(28)22-13-21(32(29,30)27-14-16(2)12-17(3)15-27)10-11-23(22)31-20-8-6-19(25)7-9-20/h6-11,13,16-18H,5,12,14-15H2,1-4H3,(H,26,28)/t16-,17-,18+/m1/s1. The van der Waals surface area contributed by atoms with Gasteiger partial charge in [0, 0.05) is 28.9 Å². The molecule has 1 fully saturated rings. The number of carbonyl (C=O) groups excluding carboxylic acids is 1. The van der Waals surface area contributed by atoms with Gasteiger partial charge < -0.3 is 5.32 Å². The summed E-state index contributed by atoms with van der Waals surface area (Å²) in [6, 6.07) is 10.7. The van der Waals surface area contributed by atoms with Crippen molar-refractivity contribution in [2.24, 2.45) is 11.8 Å². The maximum atomic E-state index is 13.4. The van der Waals surface area contributed by atoms with Crippen molar-refractivity contribution in [3.05, 3.63) is 53.8 Å². The summed E-state index contributed by atoms with van der Waals surface area (Å²) in [5.41, 5.74) is 0.304. The summed E-state index contributed by atoms with van der Waals surface area (Å²) in [5, 5.41) is 2.93. The molecule has 32 heavy (non-hydrogen) atoms. The first kappa shape index (κ1) is 24.7. The highest BCUT2D eigenvalue weighted by Gasteiger charge is 2.32. The Kier molecular flexibility index (Phi) is 8.01. The normalized spacial score (nSPS) is 20.7. The van der Waals surface area contributed by atoms with Gasteiger partial charge >= 0.3 is 0 Å². The number of carbonyl (C=O) groups is 1. The highest BCUT2D eigenvalue weighted by atomic mass is 32.2. The summed E-state index contributed by atoms with van der Waals surface area (Å²) in [6.07, 6.45) is 1.76. The molecule has 5 nitrogen and oxygen atoms in total. The second kappa shape index (κ2) is 10.4. The van der Waals surface area contributed by atoms with Gasteiger partial charge in [-0.3, -0.25) is 4.79 Å². The van der Waals surface area contributed by atoms with Crippen LogP contribution in [0, 0.1) is 17.7 Å². The zero-order valence-corrected chi connectivity index (χ0v) is 20.6. The van der Waals surface area contributed by atoms with E-state index in [1.54, 1.807) is 24.3 Å². The summed E-state index contributed by atoms with van der Waals surface area (Å²) < 4.78 is 41.6. The lowest BCUT2D eigenvalue weighted by Gasteiger charge is -2.34. The molecular formula is C24H31FN2O3S2. The maximum Gasteiger partial charge on any atom is 0.252 e. The Balaban J connectivity index is 1.98. The minimum Gasteiger partial charge on any atom is -0.350 e. The molecule has 8 heteroatoms. The van der Waals surface area contributed by atoms with Crippen molar-refractivity contribution in [1.29, 1.82) is 0 Å². The van der Waals surface area contributed by atoms with E-state index in [-0.39, 0.29) is 34.5 Å². The Morgan fingerprint density at radius 2 is 1.78 bits per heavy atom. The van der Waals surface area contributed by atoms with Gasteiger partial charge in [0.15, 0.2) is 0 Å². The van der Waals surface area contributed by atoms with Crippen molar-refractivity contribution in [1.82, 2.24) is 9.62 Å². The van der Waals surface area contributed by atoms with E-state index in [0.717, 1.165) is 17.7 Å². The van der Waals surface area contributed by atoms with Crippen LogP contribution in [-0.2, 0) is 10.0 Å². The average Bonchev–Trinajstić information content (AvgIpc) is 2.74. The molecule has 3 atom stereocenters. The Morgan fingerprint density at radius 3 is 2.38 bits per heavy atom. The van der Waals surface area contributed by atoms with Gasteiger partial charge in [0.25, 0.3) is 5.91 Å². The first-order valence-electron chi connectivity index (χ1n) is 11.0. The fourth-order valence-corrected chi connectivity index (χ4v) is 6.55. The Bertz CT molecular complexity index is 1050. The molecule has 0 spiro atoms. The smallest absolute Gasteiger partial charge is 0.252 e. The van der Waals surface area contributed by atoms with Gasteiger partial charge in [0.05, 0.1) is 10.5 Å². The van der Waals surface area contributed by atoms with Crippen LogP contribution in [-0.4, -0.2) is 37.8 Å². The largest absolute Gasteiger partial charge is 0.350 e. The SMILES string of the molecule is CC[C@H](C)NC(=O)c1cc(S(=O)(=O)N2C[C@H](C)C[C@@H](C)C2)ccc1Sc1ccc(F)cc1. The molecule has 1 amide bonds. The summed E-state index contributed by atoms with van der Waals surface area (Å²) in [7, 11) is -3.72. The van der Waals surface area contributed by atoms with Gasteiger partial charge in [-0.1, -0.05) is 32.5 Å².